The van der Waals surface area contributed by atoms with Crippen LogP contribution in [0.15, 0.2) is 71.7 Å². The fraction of sp³-hybridized carbons (Fsp3) is 0.308. The largest absolute Gasteiger partial charge is 0.481 e. The average molecular weight is 518 g/mol. The molecule has 3 atom stereocenters. The van der Waals surface area contributed by atoms with E-state index in [0.29, 0.717) is 0 Å². The van der Waals surface area contributed by atoms with E-state index in [-0.39, 0.29) is 22.7 Å². The summed E-state index contributed by atoms with van der Waals surface area (Å²) in [6.07, 6.45) is 2.11. The average Bonchev–Trinajstić information content (AvgIpc) is 3.41. The van der Waals surface area contributed by atoms with Crippen molar-refractivity contribution >= 4 is 23.8 Å². The van der Waals surface area contributed by atoms with Crippen molar-refractivity contribution in [2.24, 2.45) is 17.6 Å². The van der Waals surface area contributed by atoms with Crippen LogP contribution in [0.4, 0.5) is 13.6 Å². The Morgan fingerprint density at radius 2 is 1.76 bits per heavy atom. The number of Topliss-reactive ketones (excluding diaryl/α,β-unsaturated/α-hetero) is 1. The van der Waals surface area contributed by atoms with Gasteiger partial charge in [-0.05, 0) is 56.5 Å². The number of allylic oxidation sites excluding steroid dienone is 5. The second kappa shape index (κ2) is 11.6. The number of aryl methyl sites for hydroxylation is 1. The first-order valence-corrected chi connectivity index (χ1v) is 11.2. The summed E-state index contributed by atoms with van der Waals surface area (Å²) in [5.41, 5.74) is 7.31. The Morgan fingerprint density at radius 1 is 1.14 bits per heavy atom. The van der Waals surface area contributed by atoms with Gasteiger partial charge in [0, 0.05) is 11.4 Å². The number of ether oxygens (including phenoxy) is 1. The molecule has 2 amide bonds. The van der Waals surface area contributed by atoms with E-state index in [9.17, 15) is 28.0 Å². The molecule has 2 rings (SSSR count). The third-order valence-corrected chi connectivity index (χ3v) is 5.72. The zero-order valence-corrected chi connectivity index (χ0v) is 20.8. The second-order valence-electron chi connectivity index (χ2n) is 8.55. The van der Waals surface area contributed by atoms with Gasteiger partial charge in [-0.1, -0.05) is 36.9 Å². The number of hydrogen-bond donors (Lipinski definition) is 4. The maximum Gasteiger partial charge on any atom is 0.412 e. The van der Waals surface area contributed by atoms with Gasteiger partial charge in [-0.2, -0.15) is 0 Å². The summed E-state index contributed by atoms with van der Waals surface area (Å²) in [4.78, 5) is 48.3. The summed E-state index contributed by atoms with van der Waals surface area (Å²) in [6.45, 7) is 9.83. The smallest absolute Gasteiger partial charge is 0.412 e. The SMILES string of the molecule is C=C/C(=C\C=C(/C)C(=O)/C(NC(=O)OC(C)c1ccccc1C)=C(/C)N)NC(=O)C1C(C(=O)O)C1(F)F. The van der Waals surface area contributed by atoms with Gasteiger partial charge in [0.15, 0.2) is 0 Å². The minimum atomic E-state index is -3.65. The number of nitrogens with two attached hydrogens (primary N) is 1. The Morgan fingerprint density at radius 3 is 2.27 bits per heavy atom. The number of carboxylic acids is 1. The Labute approximate surface area is 212 Å². The molecule has 0 bridgehead atoms. The number of amides is 2. The minimum absolute atomic E-state index is 0.00940. The van der Waals surface area contributed by atoms with Crippen molar-refractivity contribution in [2.75, 3.05) is 0 Å². The standard InChI is InChI=1S/C26H29F2N3O6/c1-6-17(30-23(33)19-20(24(34)35)26(19,27)28)12-11-14(3)22(32)21(15(4)29)31-25(36)37-16(5)18-10-8-7-9-13(18)2/h6-12,16,19-20H,1,29H2,2-5H3,(H,30,33)(H,31,36)(H,34,35)/b14-11+,17-12+,21-15+. The number of aliphatic carboxylic acids is 1. The molecule has 0 aromatic heterocycles. The molecule has 0 spiro atoms. The van der Waals surface area contributed by atoms with E-state index in [2.05, 4.69) is 17.2 Å². The van der Waals surface area contributed by atoms with Crippen molar-refractivity contribution in [3.63, 3.8) is 0 Å². The van der Waals surface area contributed by atoms with Crippen LogP contribution in [0.5, 0.6) is 0 Å². The predicted octanol–water partition coefficient (Wildman–Crippen LogP) is 3.64. The lowest BCUT2D eigenvalue weighted by Gasteiger charge is -2.17. The summed E-state index contributed by atoms with van der Waals surface area (Å²) >= 11 is 0. The van der Waals surface area contributed by atoms with Gasteiger partial charge in [0.1, 0.15) is 23.6 Å². The quantitative estimate of drug-likeness (QED) is 0.274. The molecule has 1 aromatic carbocycles. The lowest BCUT2D eigenvalue weighted by molar-refractivity contribution is -0.141. The molecule has 0 radical (unpaired) electrons. The summed E-state index contributed by atoms with van der Waals surface area (Å²) in [7, 11) is 0. The lowest BCUT2D eigenvalue weighted by Crippen LogP contribution is -2.31. The van der Waals surface area contributed by atoms with E-state index in [4.69, 9.17) is 15.6 Å². The molecular formula is C26H29F2N3O6. The summed E-state index contributed by atoms with van der Waals surface area (Å²) in [5, 5.41) is 13.3. The number of nitrogens with one attached hydrogen (secondary N) is 2. The van der Waals surface area contributed by atoms with Crippen molar-refractivity contribution in [3.05, 3.63) is 82.9 Å². The number of rotatable bonds is 10. The van der Waals surface area contributed by atoms with Crippen LogP contribution in [-0.4, -0.2) is 34.8 Å². The van der Waals surface area contributed by atoms with E-state index in [1.54, 1.807) is 13.0 Å². The molecule has 3 unspecified atom stereocenters. The van der Waals surface area contributed by atoms with Crippen molar-refractivity contribution in [1.82, 2.24) is 10.6 Å². The highest BCUT2D eigenvalue weighted by atomic mass is 19.3. The first-order chi connectivity index (χ1) is 17.2. The topological polar surface area (TPSA) is 148 Å². The highest BCUT2D eigenvalue weighted by molar-refractivity contribution is 6.09. The Bertz CT molecular complexity index is 1210. The van der Waals surface area contributed by atoms with Gasteiger partial charge in [-0.15, -0.1) is 0 Å². The zero-order chi connectivity index (χ0) is 28.1. The van der Waals surface area contributed by atoms with Gasteiger partial charge >= 0.3 is 12.1 Å². The molecule has 198 valence electrons. The van der Waals surface area contributed by atoms with E-state index in [0.717, 1.165) is 17.2 Å². The van der Waals surface area contributed by atoms with Crippen molar-refractivity contribution in [2.45, 2.75) is 39.7 Å². The van der Waals surface area contributed by atoms with Gasteiger partial charge in [0.2, 0.25) is 11.7 Å². The van der Waals surface area contributed by atoms with Gasteiger partial charge in [-0.3, -0.25) is 19.7 Å². The van der Waals surface area contributed by atoms with E-state index < -0.39 is 47.6 Å². The van der Waals surface area contributed by atoms with Crippen LogP contribution in [0.3, 0.4) is 0 Å². The highest BCUT2D eigenvalue weighted by Gasteiger charge is 2.76. The number of benzene rings is 1. The summed E-state index contributed by atoms with van der Waals surface area (Å²) in [5.74, 6) is -11.4. The molecule has 1 aromatic rings. The molecule has 1 fully saturated rings. The number of carbonyl (C=O) groups excluding carboxylic acids is 3. The molecule has 37 heavy (non-hydrogen) atoms. The number of hydrogen-bond acceptors (Lipinski definition) is 6. The monoisotopic (exact) mass is 517 g/mol. The Hall–Kier alpha value is -4.28. The van der Waals surface area contributed by atoms with E-state index in [1.807, 2.05) is 25.1 Å². The molecule has 0 heterocycles. The van der Waals surface area contributed by atoms with Gasteiger partial charge < -0.3 is 20.9 Å². The maximum atomic E-state index is 13.6. The zero-order valence-electron chi connectivity index (χ0n) is 20.8. The fourth-order valence-corrected chi connectivity index (χ4v) is 3.56. The summed E-state index contributed by atoms with van der Waals surface area (Å²) < 4.78 is 32.6. The first kappa shape index (κ1) is 29.0. The molecule has 1 saturated carbocycles. The molecule has 5 N–H and O–H groups in total. The Balaban J connectivity index is 2.09. The van der Waals surface area contributed by atoms with Crippen LogP contribution < -0.4 is 16.4 Å². The molecule has 0 saturated heterocycles. The molecule has 1 aliphatic carbocycles. The van der Waals surface area contributed by atoms with Crippen LogP contribution in [0.1, 0.15) is 38.0 Å². The molecule has 1 aliphatic rings. The van der Waals surface area contributed by atoms with Crippen LogP contribution in [0.2, 0.25) is 0 Å². The van der Waals surface area contributed by atoms with Gasteiger partial charge in [0.05, 0.1) is 0 Å². The predicted molar refractivity (Wildman–Crippen MR) is 131 cm³/mol. The normalized spacial score (nSPS) is 20.2. The second-order valence-corrected chi connectivity index (χ2v) is 8.55. The minimum Gasteiger partial charge on any atom is -0.481 e. The molecule has 9 nitrogen and oxygen atoms in total. The Kier molecular flexibility index (Phi) is 9.11. The summed E-state index contributed by atoms with van der Waals surface area (Å²) in [6, 6.07) is 7.34. The number of halogens is 2. The van der Waals surface area contributed by atoms with Crippen LogP contribution in [-0.2, 0) is 19.1 Å². The third kappa shape index (κ3) is 6.90. The maximum absolute atomic E-state index is 13.6. The van der Waals surface area contributed by atoms with Crippen LogP contribution >= 0.6 is 0 Å². The van der Waals surface area contributed by atoms with Crippen molar-refractivity contribution in [1.29, 1.82) is 0 Å². The number of alkyl halides is 2. The molecule has 11 heteroatoms. The van der Waals surface area contributed by atoms with Crippen molar-refractivity contribution in [3.8, 4) is 0 Å². The number of alkyl carbamates (subject to hydrolysis) is 1. The highest BCUT2D eigenvalue weighted by Crippen LogP contribution is 2.55. The van der Waals surface area contributed by atoms with Crippen LogP contribution in [0, 0.1) is 18.8 Å². The fourth-order valence-electron chi connectivity index (χ4n) is 3.56. The van der Waals surface area contributed by atoms with Gasteiger partial charge in [0.25, 0.3) is 5.92 Å². The molecular weight excluding hydrogens is 488 g/mol. The van der Waals surface area contributed by atoms with Crippen LogP contribution in [0.25, 0.3) is 0 Å². The molecule has 0 aliphatic heterocycles. The van der Waals surface area contributed by atoms with Crippen molar-refractivity contribution < 1.29 is 37.8 Å². The number of carboxylic acid groups (broad SMARTS) is 1. The number of carbonyl (C=O) groups is 4. The van der Waals surface area contributed by atoms with Gasteiger partial charge in [-0.25, -0.2) is 13.6 Å². The lowest BCUT2D eigenvalue weighted by atomic mass is 10.0. The number of ketones is 1. The first-order valence-electron chi connectivity index (χ1n) is 11.2. The van der Waals surface area contributed by atoms with E-state index >= 15 is 0 Å². The van der Waals surface area contributed by atoms with E-state index in [1.165, 1.54) is 26.0 Å². The third-order valence-electron chi connectivity index (χ3n) is 5.72.